The van der Waals surface area contributed by atoms with Crippen LogP contribution in [0.25, 0.3) is 0 Å². The first kappa shape index (κ1) is 14.9. The summed E-state index contributed by atoms with van der Waals surface area (Å²) < 4.78 is 33.7. The van der Waals surface area contributed by atoms with Crippen LogP contribution in [0.5, 0.6) is 0 Å². The van der Waals surface area contributed by atoms with E-state index in [-0.39, 0.29) is 12.5 Å². The minimum Gasteiger partial charge on any atom is -0.264 e. The van der Waals surface area contributed by atoms with Gasteiger partial charge in [-0.1, -0.05) is 39.5 Å². The molecule has 0 amide bonds. The Balaban J connectivity index is 3.82. The SMILES string of the molecule is CCCCCC(CCC)COS(=O)(=O)O. The third-order valence-electron chi connectivity index (χ3n) is 2.37. The van der Waals surface area contributed by atoms with Gasteiger partial charge in [-0.05, 0) is 18.8 Å². The Bertz CT molecular complexity index is 236. The lowest BCUT2D eigenvalue weighted by Crippen LogP contribution is -2.14. The van der Waals surface area contributed by atoms with E-state index in [0.29, 0.717) is 0 Å². The largest absolute Gasteiger partial charge is 0.397 e. The van der Waals surface area contributed by atoms with Gasteiger partial charge in [0.15, 0.2) is 0 Å². The lowest BCUT2D eigenvalue weighted by atomic mass is 9.98. The zero-order chi connectivity index (χ0) is 11.7. The van der Waals surface area contributed by atoms with Crippen molar-refractivity contribution in [2.24, 2.45) is 5.92 Å². The number of hydrogen-bond acceptors (Lipinski definition) is 3. The molecule has 0 aromatic heterocycles. The molecule has 0 fully saturated rings. The topological polar surface area (TPSA) is 63.6 Å². The lowest BCUT2D eigenvalue weighted by molar-refractivity contribution is 0.206. The highest BCUT2D eigenvalue weighted by Gasteiger charge is 2.12. The van der Waals surface area contributed by atoms with Crippen molar-refractivity contribution in [1.82, 2.24) is 0 Å². The van der Waals surface area contributed by atoms with Crippen molar-refractivity contribution in [2.45, 2.75) is 52.4 Å². The summed E-state index contributed by atoms with van der Waals surface area (Å²) in [6, 6.07) is 0. The average Bonchev–Trinajstić information content (AvgIpc) is 2.13. The Morgan fingerprint density at radius 2 is 1.80 bits per heavy atom. The molecule has 0 saturated carbocycles. The summed E-state index contributed by atoms with van der Waals surface area (Å²) in [6.45, 7) is 4.29. The lowest BCUT2D eigenvalue weighted by Gasteiger charge is -2.14. The summed E-state index contributed by atoms with van der Waals surface area (Å²) in [5.74, 6) is 0.239. The molecule has 5 heteroatoms. The maximum Gasteiger partial charge on any atom is 0.397 e. The number of rotatable bonds is 9. The maximum absolute atomic E-state index is 10.4. The zero-order valence-corrected chi connectivity index (χ0v) is 10.4. The molecule has 0 aliphatic rings. The van der Waals surface area contributed by atoms with E-state index in [9.17, 15) is 8.42 Å². The van der Waals surface area contributed by atoms with E-state index in [1.54, 1.807) is 0 Å². The molecular weight excluding hydrogens is 216 g/mol. The molecule has 0 spiro atoms. The fourth-order valence-electron chi connectivity index (χ4n) is 1.58. The maximum atomic E-state index is 10.4. The Kier molecular flexibility index (Phi) is 8.00. The molecule has 0 aliphatic heterocycles. The number of hydrogen-bond donors (Lipinski definition) is 1. The molecule has 0 aromatic carbocycles. The van der Waals surface area contributed by atoms with Gasteiger partial charge in [-0.15, -0.1) is 0 Å². The molecule has 0 heterocycles. The highest BCUT2D eigenvalue weighted by Crippen LogP contribution is 2.16. The van der Waals surface area contributed by atoms with E-state index in [1.807, 2.05) is 0 Å². The van der Waals surface area contributed by atoms with Gasteiger partial charge in [-0.3, -0.25) is 4.55 Å². The molecule has 0 aliphatic carbocycles. The van der Waals surface area contributed by atoms with Gasteiger partial charge >= 0.3 is 10.4 Å². The van der Waals surface area contributed by atoms with Crippen LogP contribution in [-0.2, 0) is 14.6 Å². The molecule has 0 rings (SSSR count). The van der Waals surface area contributed by atoms with Crippen LogP contribution in [0, 0.1) is 5.92 Å². The van der Waals surface area contributed by atoms with Crippen LogP contribution < -0.4 is 0 Å². The van der Waals surface area contributed by atoms with Crippen molar-refractivity contribution in [3.63, 3.8) is 0 Å². The van der Waals surface area contributed by atoms with Crippen LogP contribution in [0.2, 0.25) is 0 Å². The highest BCUT2D eigenvalue weighted by molar-refractivity contribution is 7.80. The molecule has 92 valence electrons. The normalized spacial score (nSPS) is 14.1. The van der Waals surface area contributed by atoms with Crippen molar-refractivity contribution in [3.8, 4) is 0 Å². The molecule has 0 radical (unpaired) electrons. The first-order valence-electron chi connectivity index (χ1n) is 5.61. The van der Waals surface area contributed by atoms with Crippen LogP contribution >= 0.6 is 0 Å². The van der Waals surface area contributed by atoms with Crippen LogP contribution in [0.4, 0.5) is 0 Å². The van der Waals surface area contributed by atoms with Crippen molar-refractivity contribution in [3.05, 3.63) is 0 Å². The first-order chi connectivity index (χ1) is 6.99. The quantitative estimate of drug-likeness (QED) is 0.495. The molecule has 1 unspecified atom stereocenters. The van der Waals surface area contributed by atoms with Crippen molar-refractivity contribution >= 4 is 10.4 Å². The van der Waals surface area contributed by atoms with Crippen molar-refractivity contribution in [2.75, 3.05) is 6.61 Å². The molecule has 15 heavy (non-hydrogen) atoms. The summed E-state index contributed by atoms with van der Waals surface area (Å²) in [5.41, 5.74) is 0. The van der Waals surface area contributed by atoms with E-state index in [2.05, 4.69) is 18.0 Å². The van der Waals surface area contributed by atoms with E-state index in [4.69, 9.17) is 4.55 Å². The molecule has 4 nitrogen and oxygen atoms in total. The molecule has 1 atom stereocenters. The Morgan fingerprint density at radius 1 is 1.13 bits per heavy atom. The monoisotopic (exact) mass is 238 g/mol. The van der Waals surface area contributed by atoms with Gasteiger partial charge in [0.2, 0.25) is 0 Å². The number of unbranched alkanes of at least 4 members (excludes halogenated alkanes) is 2. The zero-order valence-electron chi connectivity index (χ0n) is 9.61. The Morgan fingerprint density at radius 3 is 2.27 bits per heavy atom. The second-order valence-electron chi connectivity index (χ2n) is 3.86. The predicted octanol–water partition coefficient (Wildman–Crippen LogP) is 2.80. The summed E-state index contributed by atoms with van der Waals surface area (Å²) >= 11 is 0. The van der Waals surface area contributed by atoms with E-state index >= 15 is 0 Å². The van der Waals surface area contributed by atoms with Crippen LogP contribution in [0.1, 0.15) is 52.4 Å². The fourth-order valence-corrected chi connectivity index (χ4v) is 1.95. The minimum absolute atomic E-state index is 0.108. The van der Waals surface area contributed by atoms with Crippen LogP contribution in [0.3, 0.4) is 0 Å². The van der Waals surface area contributed by atoms with Crippen LogP contribution in [0.15, 0.2) is 0 Å². The van der Waals surface area contributed by atoms with E-state index < -0.39 is 10.4 Å². The van der Waals surface area contributed by atoms with E-state index in [0.717, 1.165) is 38.5 Å². The van der Waals surface area contributed by atoms with Gasteiger partial charge in [0.1, 0.15) is 0 Å². The van der Waals surface area contributed by atoms with Gasteiger partial charge in [0, 0.05) is 0 Å². The van der Waals surface area contributed by atoms with Gasteiger partial charge in [-0.25, -0.2) is 4.18 Å². The Labute approximate surface area is 93.0 Å². The molecule has 1 N–H and O–H groups in total. The van der Waals surface area contributed by atoms with Gasteiger partial charge in [-0.2, -0.15) is 8.42 Å². The third kappa shape index (κ3) is 10.2. The minimum atomic E-state index is -4.27. The van der Waals surface area contributed by atoms with Gasteiger partial charge in [0.25, 0.3) is 0 Å². The highest BCUT2D eigenvalue weighted by atomic mass is 32.3. The smallest absolute Gasteiger partial charge is 0.264 e. The van der Waals surface area contributed by atoms with Crippen LogP contribution in [-0.4, -0.2) is 19.6 Å². The van der Waals surface area contributed by atoms with Crippen molar-refractivity contribution < 1.29 is 17.2 Å². The summed E-state index contributed by atoms with van der Waals surface area (Å²) in [4.78, 5) is 0. The average molecular weight is 238 g/mol. The van der Waals surface area contributed by atoms with Gasteiger partial charge < -0.3 is 0 Å². The Hall–Kier alpha value is -0.130. The predicted molar refractivity (Wildman–Crippen MR) is 60.0 cm³/mol. The summed E-state index contributed by atoms with van der Waals surface area (Å²) in [6.07, 6.45) is 6.32. The third-order valence-corrected chi connectivity index (χ3v) is 2.80. The summed E-state index contributed by atoms with van der Waals surface area (Å²) in [7, 11) is -4.27. The van der Waals surface area contributed by atoms with E-state index in [1.165, 1.54) is 0 Å². The molecule has 0 saturated heterocycles. The second kappa shape index (κ2) is 8.07. The van der Waals surface area contributed by atoms with Crippen molar-refractivity contribution in [1.29, 1.82) is 0 Å². The molecular formula is C10H22O4S. The fraction of sp³-hybridized carbons (Fsp3) is 1.00. The second-order valence-corrected chi connectivity index (χ2v) is 4.95. The van der Waals surface area contributed by atoms with Gasteiger partial charge in [0.05, 0.1) is 6.61 Å². The first-order valence-corrected chi connectivity index (χ1v) is 6.98. The molecule has 0 aromatic rings. The molecule has 0 bridgehead atoms. The standard InChI is InChI=1S/C10H22O4S/c1-3-5-6-8-10(7-4-2)9-14-15(11,12)13/h10H,3-9H2,1-2H3,(H,11,12,13). The summed E-state index contributed by atoms with van der Waals surface area (Å²) in [5, 5.41) is 0.